The van der Waals surface area contributed by atoms with E-state index in [-0.39, 0.29) is 11.9 Å². The number of amides is 2. The standard InChI is InChI=1S/C13H21N3O.C2H6/c1-3-12-9-15(5-4-10(12)2)13(17)16-7-11(6-14)8-16;1-2/h10-12H,3-5,7-9H2,1-2H3;1-2H3/t10-,12+;/m1./s1. The maximum Gasteiger partial charge on any atom is 0.320 e. The van der Waals surface area contributed by atoms with Gasteiger partial charge in [-0.3, -0.25) is 0 Å². The van der Waals surface area contributed by atoms with E-state index in [1.807, 2.05) is 18.7 Å². The molecule has 0 unspecified atom stereocenters. The van der Waals surface area contributed by atoms with Crippen molar-refractivity contribution in [2.45, 2.75) is 40.5 Å². The summed E-state index contributed by atoms with van der Waals surface area (Å²) in [5, 5.41) is 8.71. The number of nitrogens with zero attached hydrogens (tertiary/aromatic N) is 3. The summed E-state index contributed by atoms with van der Waals surface area (Å²) in [4.78, 5) is 15.9. The number of likely N-dealkylation sites (tertiary alicyclic amines) is 2. The molecule has 2 aliphatic heterocycles. The van der Waals surface area contributed by atoms with Gasteiger partial charge in [0.25, 0.3) is 0 Å². The fourth-order valence-electron chi connectivity index (χ4n) is 2.77. The fraction of sp³-hybridized carbons (Fsp3) is 0.867. The molecule has 2 saturated heterocycles. The molecule has 0 radical (unpaired) electrons. The molecule has 0 spiro atoms. The summed E-state index contributed by atoms with van der Waals surface area (Å²) in [6.07, 6.45) is 2.26. The first-order valence-corrected chi connectivity index (χ1v) is 7.59. The quantitative estimate of drug-likeness (QED) is 0.732. The van der Waals surface area contributed by atoms with Crippen molar-refractivity contribution in [2.75, 3.05) is 26.2 Å². The predicted molar refractivity (Wildman–Crippen MR) is 76.6 cm³/mol. The first-order valence-electron chi connectivity index (χ1n) is 7.59. The molecule has 2 fully saturated rings. The lowest BCUT2D eigenvalue weighted by Gasteiger charge is -2.43. The van der Waals surface area contributed by atoms with Crippen molar-refractivity contribution in [1.82, 2.24) is 9.80 Å². The van der Waals surface area contributed by atoms with Crippen molar-refractivity contribution < 1.29 is 4.79 Å². The molecule has 4 heteroatoms. The van der Waals surface area contributed by atoms with E-state index in [9.17, 15) is 4.79 Å². The minimum atomic E-state index is 0.0598. The number of piperidine rings is 1. The summed E-state index contributed by atoms with van der Waals surface area (Å²) in [6, 6.07) is 2.34. The zero-order valence-corrected chi connectivity index (χ0v) is 12.7. The molecule has 19 heavy (non-hydrogen) atoms. The van der Waals surface area contributed by atoms with Crippen LogP contribution in [0.4, 0.5) is 4.79 Å². The van der Waals surface area contributed by atoms with Gasteiger partial charge in [0.05, 0.1) is 12.0 Å². The van der Waals surface area contributed by atoms with Gasteiger partial charge in [0.1, 0.15) is 0 Å². The Morgan fingerprint density at radius 1 is 1.26 bits per heavy atom. The van der Waals surface area contributed by atoms with Gasteiger partial charge in [0, 0.05) is 26.2 Å². The van der Waals surface area contributed by atoms with E-state index in [0.717, 1.165) is 31.8 Å². The van der Waals surface area contributed by atoms with Crippen molar-refractivity contribution in [3.8, 4) is 6.07 Å². The Morgan fingerprint density at radius 2 is 1.89 bits per heavy atom. The average Bonchev–Trinajstić information content (AvgIpc) is 2.40. The zero-order valence-electron chi connectivity index (χ0n) is 12.7. The van der Waals surface area contributed by atoms with E-state index in [1.165, 1.54) is 0 Å². The predicted octanol–water partition coefficient (Wildman–Crippen LogP) is 2.96. The van der Waals surface area contributed by atoms with Crippen LogP contribution in [0.15, 0.2) is 0 Å². The monoisotopic (exact) mass is 265 g/mol. The van der Waals surface area contributed by atoms with Crippen molar-refractivity contribution in [1.29, 1.82) is 5.26 Å². The first-order chi connectivity index (χ1) is 9.15. The van der Waals surface area contributed by atoms with E-state index >= 15 is 0 Å². The smallest absolute Gasteiger partial charge is 0.320 e. The highest BCUT2D eigenvalue weighted by molar-refractivity contribution is 5.75. The van der Waals surface area contributed by atoms with E-state index in [4.69, 9.17) is 5.26 Å². The van der Waals surface area contributed by atoms with Gasteiger partial charge in [-0.05, 0) is 18.3 Å². The molecular formula is C15H27N3O. The molecule has 108 valence electrons. The highest BCUT2D eigenvalue weighted by Gasteiger charge is 2.35. The van der Waals surface area contributed by atoms with Crippen LogP contribution in [0.1, 0.15) is 40.5 Å². The molecule has 4 nitrogen and oxygen atoms in total. The summed E-state index contributed by atoms with van der Waals surface area (Å²) in [5.41, 5.74) is 0. The molecule has 0 saturated carbocycles. The Balaban J connectivity index is 0.000000861. The molecule has 0 aromatic rings. The van der Waals surface area contributed by atoms with Gasteiger partial charge in [-0.15, -0.1) is 0 Å². The Hall–Kier alpha value is -1.24. The maximum atomic E-state index is 12.2. The van der Waals surface area contributed by atoms with Crippen LogP contribution < -0.4 is 0 Å². The number of rotatable bonds is 1. The van der Waals surface area contributed by atoms with E-state index in [0.29, 0.717) is 19.0 Å². The minimum Gasteiger partial charge on any atom is -0.324 e. The molecule has 2 atom stereocenters. The Kier molecular flexibility index (Phi) is 6.14. The van der Waals surface area contributed by atoms with Crippen LogP contribution in [0.2, 0.25) is 0 Å². The number of nitriles is 1. The van der Waals surface area contributed by atoms with Crippen LogP contribution >= 0.6 is 0 Å². The highest BCUT2D eigenvalue weighted by atomic mass is 16.2. The Morgan fingerprint density at radius 3 is 2.42 bits per heavy atom. The second-order valence-electron chi connectivity index (χ2n) is 5.39. The lowest BCUT2D eigenvalue weighted by atomic mass is 9.85. The van der Waals surface area contributed by atoms with Gasteiger partial charge in [0.15, 0.2) is 0 Å². The fourth-order valence-corrected chi connectivity index (χ4v) is 2.77. The lowest BCUT2D eigenvalue weighted by Crippen LogP contribution is -2.56. The molecule has 2 amide bonds. The number of carbonyl (C=O) groups excluding carboxylic acids is 1. The molecular weight excluding hydrogens is 238 g/mol. The van der Waals surface area contributed by atoms with Crippen LogP contribution in [0, 0.1) is 29.1 Å². The van der Waals surface area contributed by atoms with Gasteiger partial charge in [-0.25, -0.2) is 4.79 Å². The third kappa shape index (κ3) is 3.62. The van der Waals surface area contributed by atoms with Crippen molar-refractivity contribution in [2.24, 2.45) is 17.8 Å². The van der Waals surface area contributed by atoms with E-state index < -0.39 is 0 Å². The normalized spacial score (nSPS) is 26.9. The van der Waals surface area contributed by atoms with E-state index in [2.05, 4.69) is 19.9 Å². The van der Waals surface area contributed by atoms with Crippen molar-refractivity contribution in [3.63, 3.8) is 0 Å². The van der Waals surface area contributed by atoms with Gasteiger partial charge in [-0.2, -0.15) is 5.26 Å². The number of carbonyl (C=O) groups is 1. The number of hydrogen-bond acceptors (Lipinski definition) is 2. The lowest BCUT2D eigenvalue weighted by molar-refractivity contribution is 0.0790. The largest absolute Gasteiger partial charge is 0.324 e. The minimum absolute atomic E-state index is 0.0598. The third-order valence-electron chi connectivity index (χ3n) is 4.24. The SMILES string of the molecule is CC.CC[C@H]1CN(C(=O)N2CC(C#N)C2)CC[C@H]1C. The second kappa shape index (κ2) is 7.37. The molecule has 2 heterocycles. The molecule has 0 N–H and O–H groups in total. The summed E-state index contributed by atoms with van der Waals surface area (Å²) < 4.78 is 0. The summed E-state index contributed by atoms with van der Waals surface area (Å²) in [5.74, 6) is 1.43. The molecule has 0 aliphatic carbocycles. The van der Waals surface area contributed by atoms with Crippen LogP contribution in [-0.2, 0) is 0 Å². The zero-order chi connectivity index (χ0) is 14.4. The van der Waals surface area contributed by atoms with Gasteiger partial charge < -0.3 is 9.80 Å². The number of hydrogen-bond donors (Lipinski definition) is 0. The second-order valence-corrected chi connectivity index (χ2v) is 5.39. The van der Waals surface area contributed by atoms with Crippen LogP contribution in [0.5, 0.6) is 0 Å². The van der Waals surface area contributed by atoms with Gasteiger partial charge in [-0.1, -0.05) is 34.1 Å². The topological polar surface area (TPSA) is 47.3 Å². The van der Waals surface area contributed by atoms with Crippen LogP contribution in [0.3, 0.4) is 0 Å². The third-order valence-corrected chi connectivity index (χ3v) is 4.24. The number of urea groups is 1. The Labute approximate surface area is 117 Å². The van der Waals surface area contributed by atoms with Gasteiger partial charge >= 0.3 is 6.03 Å². The van der Waals surface area contributed by atoms with Crippen LogP contribution in [0.25, 0.3) is 0 Å². The summed E-state index contributed by atoms with van der Waals surface area (Å²) >= 11 is 0. The highest BCUT2D eigenvalue weighted by Crippen LogP contribution is 2.27. The van der Waals surface area contributed by atoms with Gasteiger partial charge in [0.2, 0.25) is 0 Å². The molecule has 0 aromatic carbocycles. The average molecular weight is 265 g/mol. The maximum absolute atomic E-state index is 12.2. The van der Waals surface area contributed by atoms with Crippen molar-refractivity contribution >= 4 is 6.03 Å². The first kappa shape index (κ1) is 15.8. The molecule has 0 aromatic heterocycles. The van der Waals surface area contributed by atoms with Crippen LogP contribution in [-0.4, -0.2) is 42.0 Å². The summed E-state index contributed by atoms with van der Waals surface area (Å²) in [6.45, 7) is 11.5. The molecule has 2 aliphatic rings. The van der Waals surface area contributed by atoms with Crippen molar-refractivity contribution in [3.05, 3.63) is 0 Å². The Bertz CT molecular complexity index is 331. The van der Waals surface area contributed by atoms with E-state index in [1.54, 1.807) is 4.90 Å². The summed E-state index contributed by atoms with van der Waals surface area (Å²) in [7, 11) is 0. The molecule has 0 bridgehead atoms. The molecule has 2 rings (SSSR count).